The third kappa shape index (κ3) is 3.78. The zero-order valence-corrected chi connectivity index (χ0v) is 13.4. The third-order valence-corrected chi connectivity index (χ3v) is 3.69. The average Bonchev–Trinajstić information content (AvgIpc) is 2.89. The van der Waals surface area contributed by atoms with Crippen molar-refractivity contribution in [1.82, 2.24) is 9.78 Å². The van der Waals surface area contributed by atoms with Gasteiger partial charge >= 0.3 is 0 Å². The van der Waals surface area contributed by atoms with Gasteiger partial charge in [-0.2, -0.15) is 5.10 Å². The Hall–Kier alpha value is -2.18. The highest BCUT2D eigenvalue weighted by Gasteiger charge is 2.19. The van der Waals surface area contributed by atoms with Crippen LogP contribution in [0.5, 0.6) is 0 Å². The number of anilines is 1. The number of aryl methyl sites for hydroxylation is 2. The number of carbonyl (C=O) groups excluding carboxylic acids is 1. The number of rotatable bonds is 4. The summed E-state index contributed by atoms with van der Waals surface area (Å²) in [4.78, 5) is 12.2. The van der Waals surface area contributed by atoms with Crippen molar-refractivity contribution in [2.45, 2.75) is 33.0 Å². The lowest BCUT2D eigenvalue weighted by molar-refractivity contribution is -0.182. The second-order valence-electron chi connectivity index (χ2n) is 5.65. The van der Waals surface area contributed by atoms with Crippen molar-refractivity contribution >= 4 is 11.7 Å². The maximum atomic E-state index is 12.2. The molecule has 1 amide bonds. The van der Waals surface area contributed by atoms with Gasteiger partial charge in [0.05, 0.1) is 31.0 Å². The summed E-state index contributed by atoms with van der Waals surface area (Å²) in [6.07, 6.45) is 0.592. The summed E-state index contributed by atoms with van der Waals surface area (Å²) in [7, 11) is 0. The molecular weight excluding hydrogens is 294 g/mol. The van der Waals surface area contributed by atoms with Crippen LogP contribution in [-0.2, 0) is 14.3 Å². The minimum Gasteiger partial charge on any atom is -0.352 e. The van der Waals surface area contributed by atoms with Gasteiger partial charge in [-0.1, -0.05) is 18.2 Å². The first-order valence-corrected chi connectivity index (χ1v) is 7.79. The number of hydrogen-bond donors (Lipinski definition) is 1. The van der Waals surface area contributed by atoms with Gasteiger partial charge in [-0.15, -0.1) is 0 Å². The van der Waals surface area contributed by atoms with E-state index >= 15 is 0 Å². The summed E-state index contributed by atoms with van der Waals surface area (Å²) in [6.45, 7) is 5.19. The van der Waals surface area contributed by atoms with Gasteiger partial charge in [-0.3, -0.25) is 4.79 Å². The number of benzene rings is 1. The Kier molecular flexibility index (Phi) is 4.73. The molecule has 0 radical (unpaired) electrons. The van der Waals surface area contributed by atoms with Crippen LogP contribution in [0.3, 0.4) is 0 Å². The molecule has 0 atom stereocenters. The van der Waals surface area contributed by atoms with E-state index in [0.717, 1.165) is 23.4 Å². The minimum absolute atomic E-state index is 0.147. The molecule has 3 rings (SSSR count). The minimum atomic E-state index is -0.459. The molecule has 1 fully saturated rings. The van der Waals surface area contributed by atoms with E-state index in [2.05, 4.69) is 10.4 Å². The van der Waals surface area contributed by atoms with E-state index in [-0.39, 0.29) is 12.3 Å². The zero-order valence-electron chi connectivity index (χ0n) is 13.4. The topological polar surface area (TPSA) is 65.4 Å². The monoisotopic (exact) mass is 315 g/mol. The van der Waals surface area contributed by atoms with Crippen LogP contribution in [0.25, 0.3) is 5.69 Å². The second-order valence-corrected chi connectivity index (χ2v) is 5.65. The van der Waals surface area contributed by atoms with E-state index in [1.165, 1.54) is 0 Å². The van der Waals surface area contributed by atoms with Crippen molar-refractivity contribution in [3.63, 3.8) is 0 Å². The molecule has 2 heterocycles. The first kappa shape index (κ1) is 15.7. The van der Waals surface area contributed by atoms with Gasteiger partial charge in [0, 0.05) is 6.07 Å². The fraction of sp³-hybridized carbons (Fsp3) is 0.412. The Balaban J connectivity index is 1.75. The Morgan fingerprint density at radius 1 is 1.30 bits per heavy atom. The van der Waals surface area contributed by atoms with E-state index in [1.54, 1.807) is 4.68 Å². The highest BCUT2D eigenvalue weighted by atomic mass is 16.7. The Morgan fingerprint density at radius 3 is 2.78 bits per heavy atom. The van der Waals surface area contributed by atoms with Gasteiger partial charge < -0.3 is 14.8 Å². The standard InChI is InChI=1S/C17H21N3O3/c1-12-6-3-4-7-14(12)20-15(10-13(2)19-20)18-16(21)11-17-22-8-5-9-23-17/h3-4,6-7,10,17H,5,8-9,11H2,1-2H3,(H,18,21). The van der Waals surface area contributed by atoms with E-state index in [0.29, 0.717) is 19.0 Å². The lowest BCUT2D eigenvalue weighted by Crippen LogP contribution is -2.29. The fourth-order valence-corrected chi connectivity index (χ4v) is 2.57. The van der Waals surface area contributed by atoms with Crippen LogP contribution in [0.2, 0.25) is 0 Å². The Bertz CT molecular complexity index is 690. The number of para-hydroxylation sites is 1. The molecule has 1 aromatic carbocycles. The van der Waals surface area contributed by atoms with E-state index in [1.807, 2.05) is 44.2 Å². The number of amides is 1. The van der Waals surface area contributed by atoms with Crippen LogP contribution in [0.4, 0.5) is 5.82 Å². The molecule has 6 heteroatoms. The van der Waals surface area contributed by atoms with E-state index < -0.39 is 6.29 Å². The summed E-state index contributed by atoms with van der Waals surface area (Å²) >= 11 is 0. The third-order valence-electron chi connectivity index (χ3n) is 3.69. The lowest BCUT2D eigenvalue weighted by Gasteiger charge is -2.22. The molecule has 0 saturated carbocycles. The normalized spacial score (nSPS) is 15.6. The SMILES string of the molecule is Cc1cc(NC(=O)CC2OCCCO2)n(-c2ccccc2C)n1. The number of aromatic nitrogens is 2. The van der Waals surface area contributed by atoms with Crippen LogP contribution in [0.15, 0.2) is 30.3 Å². The lowest BCUT2D eigenvalue weighted by atomic mass is 10.2. The molecule has 1 aliphatic heterocycles. The molecule has 122 valence electrons. The molecule has 1 aromatic heterocycles. The average molecular weight is 315 g/mol. The molecule has 0 aliphatic carbocycles. The number of nitrogens with zero attached hydrogens (tertiary/aromatic N) is 2. The summed E-state index contributed by atoms with van der Waals surface area (Å²) in [6, 6.07) is 9.78. The van der Waals surface area contributed by atoms with Gasteiger partial charge in [0.25, 0.3) is 0 Å². The van der Waals surface area contributed by atoms with Crippen molar-refractivity contribution in [3.05, 3.63) is 41.6 Å². The van der Waals surface area contributed by atoms with E-state index in [9.17, 15) is 4.79 Å². The summed E-state index contributed by atoms with van der Waals surface area (Å²) in [5.74, 6) is 0.504. The second kappa shape index (κ2) is 6.93. The predicted octanol–water partition coefficient (Wildman–Crippen LogP) is 2.58. The first-order chi connectivity index (χ1) is 11.1. The highest BCUT2D eigenvalue weighted by molar-refractivity contribution is 5.90. The van der Waals surface area contributed by atoms with Crippen molar-refractivity contribution < 1.29 is 14.3 Å². The molecule has 0 bridgehead atoms. The van der Waals surface area contributed by atoms with Gasteiger partial charge in [-0.05, 0) is 31.9 Å². The van der Waals surface area contributed by atoms with Gasteiger partial charge in [0.15, 0.2) is 6.29 Å². The molecule has 1 aliphatic rings. The predicted molar refractivity (Wildman–Crippen MR) is 86.6 cm³/mol. The number of nitrogens with one attached hydrogen (secondary N) is 1. The molecule has 6 nitrogen and oxygen atoms in total. The zero-order chi connectivity index (χ0) is 16.2. The summed E-state index contributed by atoms with van der Waals surface area (Å²) in [5, 5.41) is 7.39. The van der Waals surface area contributed by atoms with Crippen LogP contribution in [0, 0.1) is 13.8 Å². The highest BCUT2D eigenvalue weighted by Crippen LogP contribution is 2.20. The van der Waals surface area contributed by atoms with E-state index in [4.69, 9.17) is 9.47 Å². The molecule has 0 unspecified atom stereocenters. The van der Waals surface area contributed by atoms with Crippen LogP contribution >= 0.6 is 0 Å². The van der Waals surface area contributed by atoms with Crippen LogP contribution in [0.1, 0.15) is 24.1 Å². The number of ether oxygens (including phenoxy) is 2. The van der Waals surface area contributed by atoms with Crippen LogP contribution in [-0.4, -0.2) is 35.2 Å². The maximum absolute atomic E-state index is 12.2. The molecule has 1 saturated heterocycles. The van der Waals surface area contributed by atoms with Crippen LogP contribution < -0.4 is 5.32 Å². The fourth-order valence-electron chi connectivity index (χ4n) is 2.57. The van der Waals surface area contributed by atoms with Crippen molar-refractivity contribution in [3.8, 4) is 5.69 Å². The largest absolute Gasteiger partial charge is 0.352 e. The summed E-state index contributed by atoms with van der Waals surface area (Å²) in [5.41, 5.74) is 2.87. The molecule has 1 N–H and O–H groups in total. The van der Waals surface area contributed by atoms with Gasteiger partial charge in [0.2, 0.25) is 5.91 Å². The quantitative estimate of drug-likeness (QED) is 0.942. The molecule has 23 heavy (non-hydrogen) atoms. The summed E-state index contributed by atoms with van der Waals surface area (Å²) < 4.78 is 12.6. The van der Waals surface area contributed by atoms with Gasteiger partial charge in [-0.25, -0.2) is 4.68 Å². The molecule has 0 spiro atoms. The maximum Gasteiger partial charge on any atom is 0.230 e. The van der Waals surface area contributed by atoms with Crippen molar-refractivity contribution in [1.29, 1.82) is 0 Å². The molecular formula is C17H21N3O3. The smallest absolute Gasteiger partial charge is 0.230 e. The van der Waals surface area contributed by atoms with Gasteiger partial charge in [0.1, 0.15) is 5.82 Å². The number of hydrogen-bond acceptors (Lipinski definition) is 4. The Labute approximate surface area is 135 Å². The first-order valence-electron chi connectivity index (χ1n) is 7.79. The van der Waals surface area contributed by atoms with Crippen molar-refractivity contribution in [2.24, 2.45) is 0 Å². The van der Waals surface area contributed by atoms with Crippen molar-refractivity contribution in [2.75, 3.05) is 18.5 Å². The number of carbonyl (C=O) groups is 1. The molecule has 2 aromatic rings. The Morgan fingerprint density at radius 2 is 2.04 bits per heavy atom.